The van der Waals surface area contributed by atoms with Gasteiger partial charge in [0.2, 0.25) is 5.91 Å². The molecular formula is C9H13BrN2OS. The van der Waals surface area contributed by atoms with E-state index in [1.165, 1.54) is 0 Å². The highest BCUT2D eigenvalue weighted by molar-refractivity contribution is 9.09. The minimum Gasteiger partial charge on any atom is -0.340 e. The predicted molar refractivity (Wildman–Crippen MR) is 61.7 cm³/mol. The molecule has 1 aromatic heterocycles. The van der Waals surface area contributed by atoms with Gasteiger partial charge in [-0.1, -0.05) is 15.9 Å². The van der Waals surface area contributed by atoms with Gasteiger partial charge in [0.1, 0.15) is 0 Å². The Hall–Kier alpha value is -0.420. The van der Waals surface area contributed by atoms with Crippen LogP contribution in [-0.4, -0.2) is 28.2 Å². The molecule has 0 aromatic carbocycles. The van der Waals surface area contributed by atoms with E-state index in [9.17, 15) is 4.79 Å². The van der Waals surface area contributed by atoms with Gasteiger partial charge in [0.25, 0.3) is 0 Å². The number of thiazole rings is 1. The van der Waals surface area contributed by atoms with Gasteiger partial charge < -0.3 is 4.90 Å². The Labute approximate surface area is 96.3 Å². The molecule has 1 heterocycles. The Kier molecular flexibility index (Phi) is 4.54. The fourth-order valence-electron chi connectivity index (χ4n) is 1.08. The lowest BCUT2D eigenvalue weighted by atomic mass is 10.4. The van der Waals surface area contributed by atoms with E-state index in [1.54, 1.807) is 23.3 Å². The molecule has 0 aliphatic heterocycles. The molecule has 1 rings (SSSR count). The highest BCUT2D eigenvalue weighted by Crippen LogP contribution is 2.10. The number of halogens is 1. The molecule has 0 radical (unpaired) electrons. The van der Waals surface area contributed by atoms with E-state index in [0.29, 0.717) is 18.3 Å². The summed E-state index contributed by atoms with van der Waals surface area (Å²) < 4.78 is 0. The number of nitrogens with zero attached hydrogens (tertiary/aromatic N) is 2. The van der Waals surface area contributed by atoms with E-state index >= 15 is 0 Å². The van der Waals surface area contributed by atoms with E-state index < -0.39 is 0 Å². The lowest BCUT2D eigenvalue weighted by Gasteiger charge is -2.14. The summed E-state index contributed by atoms with van der Waals surface area (Å²) in [5.41, 5.74) is 0.970. The largest absolute Gasteiger partial charge is 0.340 e. The third-order valence-electron chi connectivity index (χ3n) is 1.80. The molecular weight excluding hydrogens is 264 g/mol. The molecule has 0 aliphatic carbocycles. The summed E-state index contributed by atoms with van der Waals surface area (Å²) in [6.45, 7) is 2.57. The predicted octanol–water partition coefficient (Wildman–Crippen LogP) is 2.19. The number of alkyl halides is 1. The highest BCUT2D eigenvalue weighted by Gasteiger charge is 2.09. The van der Waals surface area contributed by atoms with Gasteiger partial charge in [-0.15, -0.1) is 11.3 Å². The smallest absolute Gasteiger partial charge is 0.223 e. The number of carbonyl (C=O) groups excluding carboxylic acids is 1. The maximum atomic E-state index is 11.4. The fourth-order valence-corrected chi connectivity index (χ4v) is 2.03. The molecule has 0 aliphatic rings. The first-order valence-electron chi connectivity index (χ1n) is 4.34. The Bertz CT molecular complexity index is 314. The van der Waals surface area contributed by atoms with Crippen molar-refractivity contribution >= 4 is 33.2 Å². The quantitative estimate of drug-likeness (QED) is 0.790. The summed E-state index contributed by atoms with van der Waals surface area (Å²) in [4.78, 5) is 17.4. The summed E-state index contributed by atoms with van der Waals surface area (Å²) >= 11 is 4.86. The standard InChI is InChI=1S/C9H13BrN2OS/c1-7-11-8(6-14-7)5-12(2)9(13)3-4-10/h6H,3-5H2,1-2H3. The number of hydrogen-bond donors (Lipinski definition) is 0. The van der Waals surface area contributed by atoms with E-state index in [4.69, 9.17) is 0 Å². The molecule has 3 nitrogen and oxygen atoms in total. The molecule has 0 atom stereocenters. The van der Waals surface area contributed by atoms with Crippen LogP contribution in [0.15, 0.2) is 5.38 Å². The van der Waals surface area contributed by atoms with Crippen LogP contribution < -0.4 is 0 Å². The molecule has 0 bridgehead atoms. The SMILES string of the molecule is Cc1nc(CN(C)C(=O)CCBr)cs1. The van der Waals surface area contributed by atoms with Crippen molar-refractivity contribution in [3.05, 3.63) is 16.1 Å². The van der Waals surface area contributed by atoms with E-state index in [1.807, 2.05) is 12.3 Å². The summed E-state index contributed by atoms with van der Waals surface area (Å²) in [6.07, 6.45) is 0.541. The van der Waals surface area contributed by atoms with E-state index in [-0.39, 0.29) is 5.91 Å². The number of hydrogen-bond acceptors (Lipinski definition) is 3. The van der Waals surface area contributed by atoms with Crippen LogP contribution in [0.2, 0.25) is 0 Å². The minimum atomic E-state index is 0.146. The molecule has 0 saturated heterocycles. The van der Waals surface area contributed by atoms with Gasteiger partial charge in [0.05, 0.1) is 17.2 Å². The molecule has 0 unspecified atom stereocenters. The van der Waals surface area contributed by atoms with Crippen LogP contribution in [0.1, 0.15) is 17.1 Å². The zero-order chi connectivity index (χ0) is 10.6. The fraction of sp³-hybridized carbons (Fsp3) is 0.556. The van der Waals surface area contributed by atoms with Crippen LogP contribution in [0.5, 0.6) is 0 Å². The number of carbonyl (C=O) groups is 1. The van der Waals surface area contributed by atoms with Crippen LogP contribution in [0, 0.1) is 6.92 Å². The first kappa shape index (κ1) is 11.7. The Balaban J connectivity index is 2.48. The van der Waals surface area contributed by atoms with Crippen LogP contribution >= 0.6 is 27.3 Å². The Morgan fingerprint density at radius 3 is 2.93 bits per heavy atom. The molecule has 0 N–H and O–H groups in total. The van der Waals surface area contributed by atoms with Crippen molar-refractivity contribution in [2.24, 2.45) is 0 Å². The van der Waals surface area contributed by atoms with Gasteiger partial charge in [-0.25, -0.2) is 4.98 Å². The number of rotatable bonds is 4. The summed E-state index contributed by atoms with van der Waals surface area (Å²) in [7, 11) is 1.81. The zero-order valence-corrected chi connectivity index (χ0v) is 10.7. The third kappa shape index (κ3) is 3.38. The van der Waals surface area contributed by atoms with Crippen molar-refractivity contribution in [3.8, 4) is 0 Å². The van der Waals surface area contributed by atoms with Gasteiger partial charge in [0.15, 0.2) is 0 Å². The van der Waals surface area contributed by atoms with Gasteiger partial charge in [-0.3, -0.25) is 4.79 Å². The number of amides is 1. The first-order valence-corrected chi connectivity index (χ1v) is 6.34. The van der Waals surface area contributed by atoms with Crippen molar-refractivity contribution in [1.82, 2.24) is 9.88 Å². The second-order valence-electron chi connectivity index (χ2n) is 3.05. The van der Waals surface area contributed by atoms with Crippen LogP contribution in [0.25, 0.3) is 0 Å². The number of aryl methyl sites for hydroxylation is 1. The minimum absolute atomic E-state index is 0.146. The van der Waals surface area contributed by atoms with E-state index in [0.717, 1.165) is 10.7 Å². The van der Waals surface area contributed by atoms with Crippen molar-refractivity contribution < 1.29 is 4.79 Å². The van der Waals surface area contributed by atoms with E-state index in [2.05, 4.69) is 20.9 Å². The molecule has 14 heavy (non-hydrogen) atoms. The zero-order valence-electron chi connectivity index (χ0n) is 8.29. The molecule has 78 valence electrons. The van der Waals surface area contributed by atoms with Crippen molar-refractivity contribution in [2.45, 2.75) is 19.9 Å². The second kappa shape index (κ2) is 5.46. The normalized spacial score (nSPS) is 10.2. The number of aromatic nitrogens is 1. The second-order valence-corrected chi connectivity index (χ2v) is 4.90. The van der Waals surface area contributed by atoms with Crippen molar-refractivity contribution in [1.29, 1.82) is 0 Å². The maximum absolute atomic E-state index is 11.4. The lowest BCUT2D eigenvalue weighted by molar-refractivity contribution is -0.129. The summed E-state index contributed by atoms with van der Waals surface area (Å²) in [5, 5.41) is 3.75. The van der Waals surface area contributed by atoms with Crippen LogP contribution in [0.4, 0.5) is 0 Å². The molecule has 0 fully saturated rings. The van der Waals surface area contributed by atoms with Crippen LogP contribution in [0.3, 0.4) is 0 Å². The van der Waals surface area contributed by atoms with Gasteiger partial charge in [-0.05, 0) is 6.92 Å². The van der Waals surface area contributed by atoms with Gasteiger partial charge in [0, 0.05) is 24.2 Å². The topological polar surface area (TPSA) is 33.2 Å². The maximum Gasteiger partial charge on any atom is 0.223 e. The molecule has 0 spiro atoms. The van der Waals surface area contributed by atoms with Crippen LogP contribution in [-0.2, 0) is 11.3 Å². The first-order chi connectivity index (χ1) is 6.63. The average Bonchev–Trinajstić information content (AvgIpc) is 2.51. The molecule has 5 heteroatoms. The monoisotopic (exact) mass is 276 g/mol. The summed E-state index contributed by atoms with van der Waals surface area (Å²) in [6, 6.07) is 0. The molecule has 1 aromatic rings. The third-order valence-corrected chi connectivity index (χ3v) is 3.02. The lowest BCUT2D eigenvalue weighted by Crippen LogP contribution is -2.26. The summed E-state index contributed by atoms with van der Waals surface area (Å²) in [5.74, 6) is 0.146. The molecule has 1 amide bonds. The molecule has 0 saturated carbocycles. The average molecular weight is 277 g/mol. The van der Waals surface area contributed by atoms with Crippen molar-refractivity contribution in [3.63, 3.8) is 0 Å². The van der Waals surface area contributed by atoms with Gasteiger partial charge in [-0.2, -0.15) is 0 Å². The Morgan fingerprint density at radius 1 is 1.71 bits per heavy atom. The van der Waals surface area contributed by atoms with Gasteiger partial charge >= 0.3 is 0 Å². The highest BCUT2D eigenvalue weighted by atomic mass is 79.9. The van der Waals surface area contributed by atoms with Crippen molar-refractivity contribution in [2.75, 3.05) is 12.4 Å². The Morgan fingerprint density at radius 2 is 2.43 bits per heavy atom.